The lowest BCUT2D eigenvalue weighted by atomic mass is 10.1. The molecule has 4 rings (SSSR count). The maximum absolute atomic E-state index is 13.2. The Kier molecular flexibility index (Phi) is 5.98. The van der Waals surface area contributed by atoms with Crippen LogP contribution in [0.2, 0.25) is 10.0 Å². The van der Waals surface area contributed by atoms with Crippen molar-refractivity contribution in [3.05, 3.63) is 92.6 Å². The minimum atomic E-state index is -0.416. The molecule has 0 aliphatic rings. The van der Waals surface area contributed by atoms with E-state index < -0.39 is 11.3 Å². The molecule has 31 heavy (non-hydrogen) atoms. The van der Waals surface area contributed by atoms with Gasteiger partial charge in [-0.05, 0) is 61.0 Å². The van der Waals surface area contributed by atoms with Crippen LogP contribution in [0.15, 0.2) is 75.9 Å². The van der Waals surface area contributed by atoms with Crippen molar-refractivity contribution < 1.29 is 13.9 Å². The van der Waals surface area contributed by atoms with E-state index in [2.05, 4.69) is 5.32 Å². The highest BCUT2D eigenvalue weighted by Crippen LogP contribution is 2.33. The summed E-state index contributed by atoms with van der Waals surface area (Å²) < 4.78 is 11.7. The molecule has 0 fully saturated rings. The molecule has 156 valence electrons. The van der Waals surface area contributed by atoms with Gasteiger partial charge in [-0.1, -0.05) is 41.4 Å². The van der Waals surface area contributed by atoms with E-state index >= 15 is 0 Å². The number of anilines is 1. The number of halogens is 2. The van der Waals surface area contributed by atoms with Crippen molar-refractivity contribution in [1.82, 2.24) is 0 Å². The predicted molar refractivity (Wildman–Crippen MR) is 123 cm³/mol. The number of aryl methyl sites for hydroxylation is 1. The van der Waals surface area contributed by atoms with Crippen LogP contribution < -0.4 is 15.5 Å². The van der Waals surface area contributed by atoms with E-state index in [0.29, 0.717) is 26.9 Å². The number of hydrogen-bond donors (Lipinski definition) is 1. The van der Waals surface area contributed by atoms with Crippen molar-refractivity contribution in [1.29, 1.82) is 0 Å². The van der Waals surface area contributed by atoms with Crippen LogP contribution in [0.1, 0.15) is 5.56 Å². The van der Waals surface area contributed by atoms with Crippen LogP contribution in [0.5, 0.6) is 5.75 Å². The van der Waals surface area contributed by atoms with Crippen LogP contribution in [0, 0.1) is 6.92 Å². The zero-order chi connectivity index (χ0) is 22.0. The standard InChI is InChI=1S/C24H17Cl2NO4/c1-14-11-20-18(12-19(14)26)22(29)24(23(31-20)15-7-9-16(25)10-8-15)30-13-21(28)27-17-5-3-2-4-6-17/h2-12H,13H2,1H3,(H,27,28). The lowest BCUT2D eigenvalue weighted by Crippen LogP contribution is -2.22. The molecule has 0 saturated carbocycles. The Balaban J connectivity index is 1.74. The van der Waals surface area contributed by atoms with Crippen molar-refractivity contribution in [2.24, 2.45) is 0 Å². The first-order valence-corrected chi connectivity index (χ1v) is 10.2. The summed E-state index contributed by atoms with van der Waals surface area (Å²) in [5.74, 6) is -0.268. The van der Waals surface area contributed by atoms with Gasteiger partial charge in [0.05, 0.1) is 5.39 Å². The quantitative estimate of drug-likeness (QED) is 0.396. The van der Waals surface area contributed by atoms with Gasteiger partial charge in [0.2, 0.25) is 11.2 Å². The first-order valence-electron chi connectivity index (χ1n) is 9.43. The second kappa shape index (κ2) is 8.84. The summed E-state index contributed by atoms with van der Waals surface area (Å²) in [6, 6.07) is 19.0. The van der Waals surface area contributed by atoms with Gasteiger partial charge in [-0.2, -0.15) is 0 Å². The summed E-state index contributed by atoms with van der Waals surface area (Å²) in [6.45, 7) is 1.45. The summed E-state index contributed by atoms with van der Waals surface area (Å²) in [4.78, 5) is 25.6. The Labute approximate surface area is 188 Å². The van der Waals surface area contributed by atoms with Crippen molar-refractivity contribution in [3.63, 3.8) is 0 Å². The molecule has 1 N–H and O–H groups in total. The highest BCUT2D eigenvalue weighted by molar-refractivity contribution is 6.32. The van der Waals surface area contributed by atoms with Gasteiger partial charge in [-0.15, -0.1) is 0 Å². The summed E-state index contributed by atoms with van der Waals surface area (Å²) in [5, 5.41) is 3.96. The Morgan fingerprint density at radius 3 is 2.45 bits per heavy atom. The summed E-state index contributed by atoms with van der Waals surface area (Å²) in [6.07, 6.45) is 0. The number of benzene rings is 3. The fourth-order valence-electron chi connectivity index (χ4n) is 3.08. The average molecular weight is 454 g/mol. The van der Waals surface area contributed by atoms with Gasteiger partial charge in [0.25, 0.3) is 5.91 Å². The number of carbonyl (C=O) groups is 1. The van der Waals surface area contributed by atoms with Crippen LogP contribution in [0.3, 0.4) is 0 Å². The van der Waals surface area contributed by atoms with Crippen LogP contribution in [-0.2, 0) is 4.79 Å². The number of hydrogen-bond acceptors (Lipinski definition) is 4. The van der Waals surface area contributed by atoms with Crippen molar-refractivity contribution in [3.8, 4) is 17.1 Å². The van der Waals surface area contributed by atoms with Crippen molar-refractivity contribution in [2.45, 2.75) is 6.92 Å². The molecule has 0 bridgehead atoms. The molecule has 0 saturated heterocycles. The van der Waals surface area contributed by atoms with Gasteiger partial charge in [0, 0.05) is 21.3 Å². The van der Waals surface area contributed by atoms with Gasteiger partial charge < -0.3 is 14.5 Å². The van der Waals surface area contributed by atoms with Crippen LogP contribution in [-0.4, -0.2) is 12.5 Å². The van der Waals surface area contributed by atoms with E-state index in [1.807, 2.05) is 13.0 Å². The lowest BCUT2D eigenvalue weighted by Gasteiger charge is -2.13. The number of fused-ring (bicyclic) bond motifs is 1. The van der Waals surface area contributed by atoms with Crippen LogP contribution in [0.4, 0.5) is 5.69 Å². The highest BCUT2D eigenvalue weighted by Gasteiger charge is 2.20. The van der Waals surface area contributed by atoms with E-state index in [1.165, 1.54) is 0 Å². The topological polar surface area (TPSA) is 68.5 Å². The van der Waals surface area contributed by atoms with E-state index in [-0.39, 0.29) is 23.5 Å². The normalized spacial score (nSPS) is 10.8. The third kappa shape index (κ3) is 4.58. The fraction of sp³-hybridized carbons (Fsp3) is 0.0833. The van der Waals surface area contributed by atoms with Gasteiger partial charge in [-0.25, -0.2) is 0 Å². The smallest absolute Gasteiger partial charge is 0.262 e. The third-order valence-electron chi connectivity index (χ3n) is 4.64. The third-order valence-corrected chi connectivity index (χ3v) is 5.30. The van der Waals surface area contributed by atoms with Crippen molar-refractivity contribution in [2.75, 3.05) is 11.9 Å². The Hall–Kier alpha value is -3.28. The zero-order valence-electron chi connectivity index (χ0n) is 16.4. The zero-order valence-corrected chi connectivity index (χ0v) is 18.0. The van der Waals surface area contributed by atoms with Crippen LogP contribution >= 0.6 is 23.2 Å². The van der Waals surface area contributed by atoms with E-state index in [9.17, 15) is 9.59 Å². The van der Waals surface area contributed by atoms with E-state index in [1.54, 1.807) is 60.7 Å². The molecular formula is C24H17Cl2NO4. The first kappa shape index (κ1) is 21.0. The maximum Gasteiger partial charge on any atom is 0.262 e. The minimum absolute atomic E-state index is 0.0713. The predicted octanol–water partition coefficient (Wildman–Crippen LogP) is 6.09. The number of amides is 1. The molecule has 4 aromatic rings. The van der Waals surface area contributed by atoms with Crippen molar-refractivity contribution >= 4 is 45.8 Å². The molecule has 5 nitrogen and oxygen atoms in total. The Bertz CT molecular complexity index is 1320. The van der Waals surface area contributed by atoms with Gasteiger partial charge in [0.15, 0.2) is 12.4 Å². The number of rotatable bonds is 5. The fourth-order valence-corrected chi connectivity index (χ4v) is 3.37. The van der Waals surface area contributed by atoms with Gasteiger partial charge in [-0.3, -0.25) is 9.59 Å². The molecular weight excluding hydrogens is 437 g/mol. The summed E-state index contributed by atoms with van der Waals surface area (Å²) in [7, 11) is 0. The second-order valence-electron chi connectivity index (χ2n) is 6.90. The van der Waals surface area contributed by atoms with Crippen LogP contribution in [0.25, 0.3) is 22.3 Å². The molecule has 0 aliphatic carbocycles. The Morgan fingerprint density at radius 1 is 1.03 bits per heavy atom. The Morgan fingerprint density at radius 2 is 1.74 bits per heavy atom. The molecule has 0 unspecified atom stereocenters. The highest BCUT2D eigenvalue weighted by atomic mass is 35.5. The summed E-state index contributed by atoms with van der Waals surface area (Å²) >= 11 is 12.2. The molecule has 1 aromatic heterocycles. The van der Waals surface area contributed by atoms with E-state index in [0.717, 1.165) is 5.56 Å². The maximum atomic E-state index is 13.2. The molecule has 7 heteroatoms. The monoisotopic (exact) mass is 453 g/mol. The molecule has 0 spiro atoms. The molecule has 0 atom stereocenters. The van der Waals surface area contributed by atoms with Gasteiger partial charge in [0.1, 0.15) is 5.58 Å². The first-order chi connectivity index (χ1) is 14.9. The molecule has 1 heterocycles. The number of carbonyl (C=O) groups excluding carboxylic acids is 1. The average Bonchev–Trinajstić information content (AvgIpc) is 2.76. The lowest BCUT2D eigenvalue weighted by molar-refractivity contribution is -0.118. The number of ether oxygens (including phenoxy) is 1. The summed E-state index contributed by atoms with van der Waals surface area (Å²) in [5.41, 5.74) is 1.95. The van der Waals surface area contributed by atoms with E-state index in [4.69, 9.17) is 32.4 Å². The second-order valence-corrected chi connectivity index (χ2v) is 7.74. The number of nitrogens with one attached hydrogen (secondary N) is 1. The largest absolute Gasteiger partial charge is 0.476 e. The molecule has 0 aliphatic heterocycles. The minimum Gasteiger partial charge on any atom is -0.476 e. The number of para-hydroxylation sites is 1. The molecule has 3 aromatic carbocycles. The molecule has 0 radical (unpaired) electrons. The SMILES string of the molecule is Cc1cc2oc(-c3ccc(Cl)cc3)c(OCC(=O)Nc3ccccc3)c(=O)c2cc1Cl. The van der Waals surface area contributed by atoms with Gasteiger partial charge >= 0.3 is 0 Å². The molecule has 1 amide bonds.